The molecule has 24 heavy (non-hydrogen) atoms. The smallest absolute Gasteiger partial charge is 0.275 e. The van der Waals surface area contributed by atoms with E-state index in [1.165, 1.54) is 24.2 Å². The summed E-state index contributed by atoms with van der Waals surface area (Å²) in [7, 11) is 0. The first kappa shape index (κ1) is 20.1. The van der Waals surface area contributed by atoms with Crippen molar-refractivity contribution in [2.24, 2.45) is 5.92 Å². The quantitative estimate of drug-likeness (QED) is 0.712. The first-order valence-corrected chi connectivity index (χ1v) is 7.88. The van der Waals surface area contributed by atoms with Gasteiger partial charge < -0.3 is 10.7 Å². The molecule has 2 rings (SSSR count). The van der Waals surface area contributed by atoms with Crippen LogP contribution in [0.5, 0.6) is 0 Å². The molecule has 0 fully saturated rings. The summed E-state index contributed by atoms with van der Waals surface area (Å²) in [5.74, 6) is 0.00891. The van der Waals surface area contributed by atoms with Crippen LogP contribution in [0.4, 0.5) is 5.69 Å². The monoisotopic (exact) mass is 366 g/mol. The summed E-state index contributed by atoms with van der Waals surface area (Å²) < 4.78 is 0. The molecule has 0 aliphatic rings. The van der Waals surface area contributed by atoms with Gasteiger partial charge in [-0.2, -0.15) is 0 Å². The second-order valence-corrected chi connectivity index (χ2v) is 5.64. The Labute approximate surface area is 152 Å². The zero-order valence-electron chi connectivity index (χ0n) is 13.3. The number of nitrogens with zero attached hydrogens (tertiary/aromatic N) is 2. The highest BCUT2D eigenvalue weighted by Gasteiger charge is 2.08. The summed E-state index contributed by atoms with van der Waals surface area (Å²) in [5.41, 5.74) is 2.11. The first-order chi connectivity index (χ1) is 11.1. The third-order valence-corrected chi connectivity index (χ3v) is 3.82. The molecule has 2 N–H and O–H groups in total. The Morgan fingerprint density at radius 2 is 2.00 bits per heavy atom. The lowest BCUT2D eigenvalue weighted by molar-refractivity contribution is 0.102. The molecule has 0 aliphatic heterocycles. The molecule has 0 radical (unpaired) electrons. The maximum atomic E-state index is 12.0. The van der Waals surface area contributed by atoms with Crippen molar-refractivity contribution >= 4 is 41.8 Å². The number of aromatic nitrogens is 2. The highest BCUT2D eigenvalue weighted by Crippen LogP contribution is 2.15. The molecular formula is C17H20Cl2N4O. The Morgan fingerprint density at radius 1 is 1.29 bits per heavy atom. The van der Waals surface area contributed by atoms with E-state index in [9.17, 15) is 4.79 Å². The molecule has 0 spiro atoms. The SMILES string of the molecule is CCC(C=N)CCc1ccc(NC(=O)c2cnc(Cl)cn2)cc1.Cl. The molecule has 2 aromatic rings. The van der Waals surface area contributed by atoms with Crippen molar-refractivity contribution in [3.8, 4) is 0 Å². The van der Waals surface area contributed by atoms with Crippen LogP contribution in [0.25, 0.3) is 0 Å². The Hall–Kier alpha value is -1.98. The van der Waals surface area contributed by atoms with E-state index >= 15 is 0 Å². The topological polar surface area (TPSA) is 78.7 Å². The number of halogens is 2. The maximum Gasteiger partial charge on any atom is 0.275 e. The van der Waals surface area contributed by atoms with Crippen LogP contribution in [0.15, 0.2) is 36.7 Å². The van der Waals surface area contributed by atoms with E-state index in [-0.39, 0.29) is 29.2 Å². The van der Waals surface area contributed by atoms with Gasteiger partial charge in [-0.25, -0.2) is 9.97 Å². The number of carbonyl (C=O) groups excluding carboxylic acids is 1. The van der Waals surface area contributed by atoms with Crippen molar-refractivity contribution < 1.29 is 4.79 Å². The molecule has 1 aromatic heterocycles. The van der Waals surface area contributed by atoms with E-state index in [1.54, 1.807) is 0 Å². The molecule has 0 saturated heterocycles. The normalized spacial score (nSPS) is 11.2. The molecule has 1 atom stereocenters. The van der Waals surface area contributed by atoms with E-state index in [0.29, 0.717) is 11.6 Å². The van der Waals surface area contributed by atoms with Gasteiger partial charge >= 0.3 is 0 Å². The summed E-state index contributed by atoms with van der Waals surface area (Å²) in [6, 6.07) is 7.70. The van der Waals surface area contributed by atoms with Crippen LogP contribution >= 0.6 is 24.0 Å². The fourth-order valence-corrected chi connectivity index (χ4v) is 2.23. The minimum absolute atomic E-state index is 0. The highest BCUT2D eigenvalue weighted by molar-refractivity contribution is 6.29. The Morgan fingerprint density at radius 3 is 2.54 bits per heavy atom. The number of rotatable bonds is 7. The predicted molar refractivity (Wildman–Crippen MR) is 99.6 cm³/mol. The largest absolute Gasteiger partial charge is 0.321 e. The summed E-state index contributed by atoms with van der Waals surface area (Å²) in [6.45, 7) is 2.09. The molecule has 1 unspecified atom stereocenters. The van der Waals surface area contributed by atoms with E-state index in [4.69, 9.17) is 17.0 Å². The molecular weight excluding hydrogens is 347 g/mol. The van der Waals surface area contributed by atoms with Gasteiger partial charge in [0.2, 0.25) is 0 Å². The lowest BCUT2D eigenvalue weighted by Gasteiger charge is -2.09. The van der Waals surface area contributed by atoms with Gasteiger partial charge in [0.05, 0.1) is 12.4 Å². The number of nitrogens with one attached hydrogen (secondary N) is 2. The third-order valence-electron chi connectivity index (χ3n) is 3.63. The molecule has 7 heteroatoms. The standard InChI is InChI=1S/C17H19ClN4O.ClH/c1-2-12(9-19)3-4-13-5-7-14(8-6-13)22-17(23)15-10-21-16(18)11-20-15;/h5-12,19H,2-4H2,1H3,(H,22,23);1H. The summed E-state index contributed by atoms with van der Waals surface area (Å²) in [5, 5.41) is 10.4. The number of aryl methyl sites for hydroxylation is 1. The molecule has 1 aromatic carbocycles. The minimum atomic E-state index is -0.322. The number of amides is 1. The van der Waals surface area contributed by atoms with Gasteiger partial charge in [0.15, 0.2) is 0 Å². The van der Waals surface area contributed by atoms with Crippen LogP contribution in [0, 0.1) is 11.3 Å². The fourth-order valence-electron chi connectivity index (χ4n) is 2.14. The Kier molecular flexibility index (Phi) is 8.36. The van der Waals surface area contributed by atoms with Crippen LogP contribution in [0.3, 0.4) is 0 Å². The number of anilines is 1. The molecule has 1 heterocycles. The molecule has 128 valence electrons. The van der Waals surface area contributed by atoms with Crippen LogP contribution < -0.4 is 5.32 Å². The van der Waals surface area contributed by atoms with Crippen molar-refractivity contribution in [3.63, 3.8) is 0 Å². The van der Waals surface area contributed by atoms with Crippen molar-refractivity contribution in [2.45, 2.75) is 26.2 Å². The Bertz CT molecular complexity index is 659. The van der Waals surface area contributed by atoms with Crippen molar-refractivity contribution in [1.82, 2.24) is 9.97 Å². The molecule has 5 nitrogen and oxygen atoms in total. The molecule has 0 saturated carbocycles. The van der Waals surface area contributed by atoms with Gasteiger partial charge in [0.25, 0.3) is 5.91 Å². The minimum Gasteiger partial charge on any atom is -0.321 e. The van der Waals surface area contributed by atoms with Crippen LogP contribution in [-0.4, -0.2) is 22.1 Å². The van der Waals surface area contributed by atoms with Crippen LogP contribution in [-0.2, 0) is 6.42 Å². The molecule has 1 amide bonds. The summed E-state index contributed by atoms with van der Waals surface area (Å²) in [4.78, 5) is 19.8. The number of benzene rings is 1. The second kappa shape index (κ2) is 10.0. The summed E-state index contributed by atoms with van der Waals surface area (Å²) in [6.07, 6.45) is 7.07. The van der Waals surface area contributed by atoms with Gasteiger partial charge in [0, 0.05) is 5.69 Å². The van der Waals surface area contributed by atoms with Crippen LogP contribution in [0.1, 0.15) is 35.8 Å². The zero-order chi connectivity index (χ0) is 16.7. The van der Waals surface area contributed by atoms with Gasteiger partial charge in [-0.15, -0.1) is 12.4 Å². The van der Waals surface area contributed by atoms with Crippen molar-refractivity contribution in [2.75, 3.05) is 5.32 Å². The van der Waals surface area contributed by atoms with E-state index < -0.39 is 0 Å². The number of hydrogen-bond acceptors (Lipinski definition) is 4. The lowest BCUT2D eigenvalue weighted by atomic mass is 9.98. The van der Waals surface area contributed by atoms with E-state index in [0.717, 1.165) is 19.3 Å². The maximum absolute atomic E-state index is 12.0. The predicted octanol–water partition coefficient (Wildman–Crippen LogP) is 4.41. The van der Waals surface area contributed by atoms with Gasteiger partial charge in [-0.05, 0) is 49.1 Å². The van der Waals surface area contributed by atoms with Crippen LogP contribution in [0.2, 0.25) is 5.15 Å². The van der Waals surface area contributed by atoms with E-state index in [2.05, 4.69) is 22.2 Å². The summed E-state index contributed by atoms with van der Waals surface area (Å²) >= 11 is 5.65. The fraction of sp³-hybridized carbons (Fsp3) is 0.294. The molecule has 0 aliphatic carbocycles. The number of carbonyl (C=O) groups is 1. The van der Waals surface area contributed by atoms with Gasteiger partial charge in [-0.1, -0.05) is 30.7 Å². The third kappa shape index (κ3) is 5.91. The van der Waals surface area contributed by atoms with E-state index in [1.807, 2.05) is 24.3 Å². The Balaban J connectivity index is 0.00000288. The number of hydrogen-bond donors (Lipinski definition) is 2. The van der Waals surface area contributed by atoms with Crippen molar-refractivity contribution in [1.29, 1.82) is 5.41 Å². The highest BCUT2D eigenvalue weighted by atomic mass is 35.5. The average Bonchev–Trinajstić information content (AvgIpc) is 2.58. The lowest BCUT2D eigenvalue weighted by Crippen LogP contribution is -2.13. The van der Waals surface area contributed by atoms with Gasteiger partial charge in [0.1, 0.15) is 10.8 Å². The van der Waals surface area contributed by atoms with Crippen molar-refractivity contribution in [3.05, 3.63) is 53.1 Å². The van der Waals surface area contributed by atoms with Gasteiger partial charge in [-0.3, -0.25) is 4.79 Å². The molecule has 0 bridgehead atoms. The zero-order valence-corrected chi connectivity index (χ0v) is 14.9. The second-order valence-electron chi connectivity index (χ2n) is 5.25. The first-order valence-electron chi connectivity index (χ1n) is 7.50. The average molecular weight is 367 g/mol.